The molecule has 6 nitrogen and oxygen atoms in total. The Morgan fingerprint density at radius 1 is 0.833 bits per heavy atom. The highest BCUT2D eigenvalue weighted by atomic mass is 16.5. The maximum absolute atomic E-state index is 12.4. The largest absolute Gasteiger partial charge is 0.497 e. The van der Waals surface area contributed by atoms with E-state index in [4.69, 9.17) is 9.47 Å². The van der Waals surface area contributed by atoms with Crippen LogP contribution in [0.4, 0.5) is 5.69 Å². The molecule has 1 N–H and O–H groups in total. The molecule has 0 fully saturated rings. The van der Waals surface area contributed by atoms with Gasteiger partial charge < -0.3 is 14.8 Å². The standard InChI is InChI=1S/C24H19N3O3/c1-29-20-8-5-9-21(14-20)30-23-15-22(25-16-26-23)17-10-12-18(13-11-17)24(28)27-19-6-3-2-4-7-19/h2-16H,1H3,(H,27,28). The third-order valence-corrected chi connectivity index (χ3v) is 4.38. The van der Waals surface area contributed by atoms with Crippen molar-refractivity contribution in [2.24, 2.45) is 0 Å². The van der Waals surface area contributed by atoms with Crippen molar-refractivity contribution in [1.29, 1.82) is 0 Å². The molecule has 0 unspecified atom stereocenters. The molecule has 1 amide bonds. The first-order chi connectivity index (χ1) is 14.7. The fourth-order valence-electron chi connectivity index (χ4n) is 2.86. The summed E-state index contributed by atoms with van der Waals surface area (Å²) in [5, 5.41) is 2.87. The van der Waals surface area contributed by atoms with Crippen molar-refractivity contribution in [3.63, 3.8) is 0 Å². The lowest BCUT2D eigenvalue weighted by Gasteiger charge is -2.08. The zero-order valence-electron chi connectivity index (χ0n) is 16.3. The van der Waals surface area contributed by atoms with Gasteiger partial charge in [0.25, 0.3) is 5.91 Å². The average Bonchev–Trinajstić information content (AvgIpc) is 2.80. The Kier molecular flexibility index (Phi) is 5.66. The molecular weight excluding hydrogens is 378 g/mol. The van der Waals surface area contributed by atoms with Crippen LogP contribution in [0.2, 0.25) is 0 Å². The summed E-state index contributed by atoms with van der Waals surface area (Å²) < 4.78 is 11.0. The molecule has 0 spiro atoms. The molecule has 0 aliphatic carbocycles. The Hall–Kier alpha value is -4.19. The van der Waals surface area contributed by atoms with Gasteiger partial charge in [0.2, 0.25) is 5.88 Å². The van der Waals surface area contributed by atoms with Crippen LogP contribution in [0, 0.1) is 0 Å². The molecule has 0 saturated carbocycles. The number of anilines is 1. The maximum Gasteiger partial charge on any atom is 0.255 e. The minimum Gasteiger partial charge on any atom is -0.497 e. The summed E-state index contributed by atoms with van der Waals surface area (Å²) in [5.74, 6) is 1.56. The Bertz CT molecular complexity index is 1150. The molecule has 3 aromatic carbocycles. The zero-order valence-corrected chi connectivity index (χ0v) is 16.3. The number of nitrogens with zero attached hydrogens (tertiary/aromatic N) is 2. The third-order valence-electron chi connectivity index (χ3n) is 4.38. The second-order valence-electron chi connectivity index (χ2n) is 6.42. The molecule has 0 radical (unpaired) electrons. The molecule has 30 heavy (non-hydrogen) atoms. The summed E-state index contributed by atoms with van der Waals surface area (Å²) >= 11 is 0. The van der Waals surface area contributed by atoms with Gasteiger partial charge >= 0.3 is 0 Å². The monoisotopic (exact) mass is 397 g/mol. The highest BCUT2D eigenvalue weighted by molar-refractivity contribution is 6.04. The van der Waals surface area contributed by atoms with E-state index in [-0.39, 0.29) is 5.91 Å². The molecule has 4 aromatic rings. The number of aromatic nitrogens is 2. The number of benzene rings is 3. The van der Waals surface area contributed by atoms with E-state index in [2.05, 4.69) is 15.3 Å². The molecule has 4 rings (SSSR count). The van der Waals surface area contributed by atoms with Gasteiger partial charge in [0, 0.05) is 28.9 Å². The molecule has 6 heteroatoms. The Balaban J connectivity index is 1.49. The van der Waals surface area contributed by atoms with E-state index >= 15 is 0 Å². The molecule has 0 saturated heterocycles. The van der Waals surface area contributed by atoms with E-state index in [0.29, 0.717) is 28.6 Å². The molecule has 1 heterocycles. The van der Waals surface area contributed by atoms with E-state index in [1.807, 2.05) is 60.7 Å². The van der Waals surface area contributed by atoms with Crippen molar-refractivity contribution in [1.82, 2.24) is 9.97 Å². The van der Waals surface area contributed by atoms with Crippen molar-refractivity contribution in [2.45, 2.75) is 0 Å². The smallest absolute Gasteiger partial charge is 0.255 e. The fraction of sp³-hybridized carbons (Fsp3) is 0.0417. The van der Waals surface area contributed by atoms with E-state index < -0.39 is 0 Å². The number of nitrogens with one attached hydrogen (secondary N) is 1. The second kappa shape index (κ2) is 8.87. The van der Waals surface area contributed by atoms with Crippen molar-refractivity contribution >= 4 is 11.6 Å². The maximum atomic E-state index is 12.4. The van der Waals surface area contributed by atoms with E-state index in [1.54, 1.807) is 31.4 Å². The van der Waals surface area contributed by atoms with Crippen LogP contribution in [0.25, 0.3) is 11.3 Å². The van der Waals surface area contributed by atoms with Crippen molar-refractivity contribution < 1.29 is 14.3 Å². The van der Waals surface area contributed by atoms with Crippen LogP contribution in [-0.4, -0.2) is 23.0 Å². The second-order valence-corrected chi connectivity index (χ2v) is 6.42. The molecule has 0 aliphatic rings. The number of hydrogen-bond donors (Lipinski definition) is 1. The Morgan fingerprint density at radius 3 is 2.37 bits per heavy atom. The molecule has 1 aromatic heterocycles. The van der Waals surface area contributed by atoms with Crippen molar-refractivity contribution in [3.8, 4) is 28.6 Å². The minimum absolute atomic E-state index is 0.169. The summed E-state index contributed by atoms with van der Waals surface area (Å²) in [5.41, 5.74) is 2.85. The number of rotatable bonds is 6. The van der Waals surface area contributed by atoms with E-state index in [0.717, 1.165) is 11.3 Å². The van der Waals surface area contributed by atoms with Crippen molar-refractivity contribution in [3.05, 3.63) is 96.8 Å². The summed E-state index contributed by atoms with van der Waals surface area (Å²) in [6.45, 7) is 0. The number of amides is 1. The lowest BCUT2D eigenvalue weighted by Crippen LogP contribution is -2.11. The van der Waals surface area contributed by atoms with Crippen LogP contribution in [0.5, 0.6) is 17.4 Å². The summed E-state index contributed by atoms with van der Waals surface area (Å²) in [6, 6.07) is 25.6. The zero-order chi connectivity index (χ0) is 20.8. The Labute approximate surface area is 174 Å². The van der Waals surface area contributed by atoms with Crippen LogP contribution in [0.15, 0.2) is 91.3 Å². The van der Waals surface area contributed by atoms with Gasteiger partial charge in [0.1, 0.15) is 17.8 Å². The topological polar surface area (TPSA) is 73.3 Å². The molecule has 148 valence electrons. The quantitative estimate of drug-likeness (QED) is 0.484. The van der Waals surface area contributed by atoms with Gasteiger partial charge in [0.15, 0.2) is 0 Å². The first-order valence-corrected chi connectivity index (χ1v) is 9.32. The molecule has 0 aliphatic heterocycles. The van der Waals surface area contributed by atoms with Gasteiger partial charge in [-0.25, -0.2) is 9.97 Å². The van der Waals surface area contributed by atoms with Crippen molar-refractivity contribution in [2.75, 3.05) is 12.4 Å². The van der Waals surface area contributed by atoms with Crippen LogP contribution < -0.4 is 14.8 Å². The van der Waals surface area contributed by atoms with Crippen LogP contribution in [-0.2, 0) is 0 Å². The Morgan fingerprint density at radius 2 is 1.60 bits per heavy atom. The summed E-state index contributed by atoms with van der Waals surface area (Å²) in [6.07, 6.45) is 1.45. The highest BCUT2D eigenvalue weighted by Crippen LogP contribution is 2.26. The molecular formula is C24H19N3O3. The lowest BCUT2D eigenvalue weighted by molar-refractivity contribution is 0.102. The average molecular weight is 397 g/mol. The predicted octanol–water partition coefficient (Wildman–Crippen LogP) is 5.20. The van der Waals surface area contributed by atoms with Gasteiger partial charge in [-0.2, -0.15) is 0 Å². The first kappa shape index (κ1) is 19.1. The van der Waals surface area contributed by atoms with Gasteiger partial charge in [-0.1, -0.05) is 36.4 Å². The number of para-hydroxylation sites is 1. The number of ether oxygens (including phenoxy) is 2. The highest BCUT2D eigenvalue weighted by Gasteiger charge is 2.09. The fourth-order valence-corrected chi connectivity index (χ4v) is 2.86. The van der Waals surface area contributed by atoms with Crippen LogP contribution in [0.1, 0.15) is 10.4 Å². The summed E-state index contributed by atoms with van der Waals surface area (Å²) in [7, 11) is 1.60. The molecule has 0 bridgehead atoms. The summed E-state index contributed by atoms with van der Waals surface area (Å²) in [4.78, 5) is 20.9. The van der Waals surface area contributed by atoms with Crippen LogP contribution >= 0.6 is 0 Å². The predicted molar refractivity (Wildman–Crippen MR) is 115 cm³/mol. The normalized spacial score (nSPS) is 10.3. The number of carbonyl (C=O) groups excluding carboxylic acids is 1. The number of methoxy groups -OCH3 is 1. The third kappa shape index (κ3) is 4.62. The van der Waals surface area contributed by atoms with Gasteiger partial charge in [-0.15, -0.1) is 0 Å². The van der Waals surface area contributed by atoms with E-state index in [1.165, 1.54) is 6.33 Å². The number of carbonyl (C=O) groups is 1. The minimum atomic E-state index is -0.169. The lowest BCUT2D eigenvalue weighted by atomic mass is 10.1. The first-order valence-electron chi connectivity index (χ1n) is 9.32. The SMILES string of the molecule is COc1cccc(Oc2cc(-c3ccc(C(=O)Nc4ccccc4)cc3)ncn2)c1. The van der Waals surface area contributed by atoms with Gasteiger partial charge in [-0.3, -0.25) is 4.79 Å². The number of hydrogen-bond acceptors (Lipinski definition) is 5. The van der Waals surface area contributed by atoms with Crippen LogP contribution in [0.3, 0.4) is 0 Å². The van der Waals surface area contributed by atoms with Gasteiger partial charge in [0.05, 0.1) is 12.8 Å². The van der Waals surface area contributed by atoms with Gasteiger partial charge in [-0.05, 0) is 36.4 Å². The van der Waals surface area contributed by atoms with E-state index in [9.17, 15) is 4.79 Å². The molecule has 0 atom stereocenters.